The van der Waals surface area contributed by atoms with Gasteiger partial charge in [-0.05, 0) is 32.0 Å². The molecular weight excluding hydrogens is 262 g/mol. The molecule has 2 rings (SSSR count). The van der Waals surface area contributed by atoms with Crippen LogP contribution < -0.4 is 10.6 Å². The predicted octanol–water partition coefficient (Wildman–Crippen LogP) is 0.495. The normalized spacial score (nSPS) is 15.9. The van der Waals surface area contributed by atoms with Gasteiger partial charge in [-0.3, -0.25) is 9.59 Å². The highest BCUT2D eigenvalue weighted by molar-refractivity contribution is 7.11. The number of amides is 2. The van der Waals surface area contributed by atoms with Crippen LogP contribution in [0.2, 0.25) is 0 Å². The van der Waals surface area contributed by atoms with Crippen LogP contribution in [-0.2, 0) is 16.1 Å². The third kappa shape index (κ3) is 4.04. The Bertz CT molecular complexity index is 450. The zero-order valence-electron chi connectivity index (χ0n) is 11.1. The molecule has 1 aromatic rings. The monoisotopic (exact) mass is 281 g/mol. The number of thiophene rings is 1. The average Bonchev–Trinajstić information content (AvgIpc) is 2.67. The number of nitrogens with zero attached hydrogens (tertiary/aromatic N) is 1. The van der Waals surface area contributed by atoms with Gasteiger partial charge in [-0.2, -0.15) is 0 Å². The van der Waals surface area contributed by atoms with Crippen LogP contribution in [0.5, 0.6) is 0 Å². The Kier molecular flexibility index (Phi) is 4.93. The first-order chi connectivity index (χ1) is 9.16. The zero-order valence-corrected chi connectivity index (χ0v) is 11.9. The molecule has 0 radical (unpaired) electrons. The van der Waals surface area contributed by atoms with E-state index < -0.39 is 11.8 Å². The number of rotatable bonds is 2. The minimum absolute atomic E-state index is 0.419. The summed E-state index contributed by atoms with van der Waals surface area (Å²) in [5.74, 6) is -0.926. The second-order valence-corrected chi connectivity index (χ2v) is 5.96. The van der Waals surface area contributed by atoms with Crippen LogP contribution in [-0.4, -0.2) is 42.9 Å². The standard InChI is InChI=1S/C13H19N3O2S/c1-10-3-4-11(19-10)9-15-12(17)13(18)16-7-2-5-14-6-8-16/h3-4,14H,2,5-9H2,1H3,(H,15,17). The van der Waals surface area contributed by atoms with Crippen molar-refractivity contribution in [2.24, 2.45) is 0 Å². The fourth-order valence-electron chi connectivity index (χ4n) is 2.02. The summed E-state index contributed by atoms with van der Waals surface area (Å²) in [6, 6.07) is 3.98. The summed E-state index contributed by atoms with van der Waals surface area (Å²) in [5, 5.41) is 5.90. The summed E-state index contributed by atoms with van der Waals surface area (Å²) in [6.07, 6.45) is 0.892. The van der Waals surface area contributed by atoms with Crippen molar-refractivity contribution < 1.29 is 9.59 Å². The van der Waals surface area contributed by atoms with Crippen molar-refractivity contribution in [2.45, 2.75) is 19.9 Å². The number of hydrogen-bond donors (Lipinski definition) is 2. The van der Waals surface area contributed by atoms with Crippen molar-refractivity contribution in [1.29, 1.82) is 0 Å². The third-order valence-electron chi connectivity index (χ3n) is 3.04. The fourth-order valence-corrected chi connectivity index (χ4v) is 2.85. The van der Waals surface area contributed by atoms with Crippen molar-refractivity contribution in [3.63, 3.8) is 0 Å². The van der Waals surface area contributed by atoms with Gasteiger partial charge in [0.15, 0.2) is 0 Å². The maximum absolute atomic E-state index is 12.0. The Labute approximate surface area is 117 Å². The molecule has 6 heteroatoms. The minimum Gasteiger partial charge on any atom is -0.343 e. The molecule has 1 aliphatic heterocycles. The summed E-state index contributed by atoms with van der Waals surface area (Å²) in [5.41, 5.74) is 0. The molecule has 1 fully saturated rings. The predicted molar refractivity (Wildman–Crippen MR) is 75.0 cm³/mol. The Hall–Kier alpha value is -1.40. The Balaban J connectivity index is 1.83. The first-order valence-corrected chi connectivity index (χ1v) is 7.31. The second kappa shape index (κ2) is 6.68. The lowest BCUT2D eigenvalue weighted by molar-refractivity contribution is -0.145. The summed E-state index contributed by atoms with van der Waals surface area (Å²) in [6.45, 7) is 5.35. The van der Waals surface area contributed by atoms with Crippen LogP contribution in [0.15, 0.2) is 12.1 Å². The van der Waals surface area contributed by atoms with Crippen LogP contribution in [0, 0.1) is 6.92 Å². The van der Waals surface area contributed by atoms with Crippen molar-refractivity contribution in [2.75, 3.05) is 26.2 Å². The molecule has 19 heavy (non-hydrogen) atoms. The number of hydrogen-bond acceptors (Lipinski definition) is 4. The van der Waals surface area contributed by atoms with Gasteiger partial charge in [0, 0.05) is 29.4 Å². The average molecular weight is 281 g/mol. The molecule has 1 aromatic heterocycles. The van der Waals surface area contributed by atoms with E-state index in [4.69, 9.17) is 0 Å². The quantitative estimate of drug-likeness (QED) is 0.776. The fraction of sp³-hybridized carbons (Fsp3) is 0.538. The van der Waals surface area contributed by atoms with E-state index in [1.54, 1.807) is 16.2 Å². The molecule has 2 amide bonds. The van der Waals surface area contributed by atoms with Gasteiger partial charge < -0.3 is 15.5 Å². The van der Waals surface area contributed by atoms with Crippen molar-refractivity contribution in [3.8, 4) is 0 Å². The van der Waals surface area contributed by atoms with Crippen LogP contribution >= 0.6 is 11.3 Å². The largest absolute Gasteiger partial charge is 0.343 e. The van der Waals surface area contributed by atoms with Gasteiger partial charge in [-0.1, -0.05) is 0 Å². The number of carbonyl (C=O) groups is 2. The first-order valence-electron chi connectivity index (χ1n) is 6.50. The Morgan fingerprint density at radius 1 is 1.37 bits per heavy atom. The van der Waals surface area contributed by atoms with Gasteiger partial charge in [0.25, 0.3) is 0 Å². The number of aryl methyl sites for hydroxylation is 1. The topological polar surface area (TPSA) is 61.4 Å². The highest BCUT2D eigenvalue weighted by Gasteiger charge is 2.22. The molecule has 104 valence electrons. The van der Waals surface area contributed by atoms with E-state index in [1.807, 2.05) is 19.1 Å². The molecule has 0 bridgehead atoms. The second-order valence-electron chi connectivity index (χ2n) is 4.59. The van der Waals surface area contributed by atoms with Crippen molar-refractivity contribution >= 4 is 23.2 Å². The third-order valence-corrected chi connectivity index (χ3v) is 4.04. The lowest BCUT2D eigenvalue weighted by atomic mass is 10.3. The highest BCUT2D eigenvalue weighted by Crippen LogP contribution is 2.14. The lowest BCUT2D eigenvalue weighted by Crippen LogP contribution is -2.44. The van der Waals surface area contributed by atoms with Gasteiger partial charge in [-0.25, -0.2) is 0 Å². The van der Waals surface area contributed by atoms with Crippen LogP contribution in [0.25, 0.3) is 0 Å². The van der Waals surface area contributed by atoms with Crippen molar-refractivity contribution in [1.82, 2.24) is 15.5 Å². The van der Waals surface area contributed by atoms with Gasteiger partial charge in [0.1, 0.15) is 0 Å². The molecule has 0 aromatic carbocycles. The van der Waals surface area contributed by atoms with Gasteiger partial charge in [0.2, 0.25) is 0 Å². The molecular formula is C13H19N3O2S. The zero-order chi connectivity index (χ0) is 13.7. The molecule has 0 aliphatic carbocycles. The minimum atomic E-state index is -0.507. The number of nitrogens with one attached hydrogen (secondary N) is 2. The van der Waals surface area contributed by atoms with Gasteiger partial charge in [0.05, 0.1) is 6.54 Å². The summed E-state index contributed by atoms with van der Waals surface area (Å²) < 4.78 is 0. The Morgan fingerprint density at radius 2 is 2.21 bits per heavy atom. The van der Waals surface area contributed by atoms with Crippen LogP contribution in [0.4, 0.5) is 0 Å². The maximum Gasteiger partial charge on any atom is 0.311 e. The van der Waals surface area contributed by atoms with Crippen LogP contribution in [0.3, 0.4) is 0 Å². The van der Waals surface area contributed by atoms with Crippen molar-refractivity contribution in [3.05, 3.63) is 21.9 Å². The summed E-state index contributed by atoms with van der Waals surface area (Å²) >= 11 is 1.63. The van der Waals surface area contributed by atoms with E-state index in [9.17, 15) is 9.59 Å². The molecule has 2 N–H and O–H groups in total. The molecule has 0 saturated carbocycles. The molecule has 2 heterocycles. The molecule has 0 unspecified atom stereocenters. The van der Waals surface area contributed by atoms with Gasteiger partial charge >= 0.3 is 11.8 Å². The van der Waals surface area contributed by atoms with Gasteiger partial charge in [-0.15, -0.1) is 11.3 Å². The number of carbonyl (C=O) groups excluding carboxylic acids is 2. The van der Waals surface area contributed by atoms with E-state index in [0.29, 0.717) is 19.6 Å². The maximum atomic E-state index is 12.0. The molecule has 0 atom stereocenters. The lowest BCUT2D eigenvalue weighted by Gasteiger charge is -2.18. The molecule has 1 aliphatic rings. The Morgan fingerprint density at radius 3 is 2.95 bits per heavy atom. The summed E-state index contributed by atoms with van der Waals surface area (Å²) in [7, 11) is 0. The van der Waals surface area contributed by atoms with E-state index >= 15 is 0 Å². The smallest absolute Gasteiger partial charge is 0.311 e. The highest BCUT2D eigenvalue weighted by atomic mass is 32.1. The molecule has 5 nitrogen and oxygen atoms in total. The van der Waals surface area contributed by atoms with E-state index in [2.05, 4.69) is 10.6 Å². The molecule has 0 spiro atoms. The first kappa shape index (κ1) is 14.0. The van der Waals surface area contributed by atoms with E-state index in [0.717, 1.165) is 24.4 Å². The molecule has 1 saturated heterocycles. The van der Waals surface area contributed by atoms with Crippen LogP contribution in [0.1, 0.15) is 16.2 Å². The van der Waals surface area contributed by atoms with E-state index in [-0.39, 0.29) is 0 Å². The van der Waals surface area contributed by atoms with E-state index in [1.165, 1.54) is 4.88 Å². The SMILES string of the molecule is Cc1ccc(CNC(=O)C(=O)N2CCCNCC2)s1. The summed E-state index contributed by atoms with van der Waals surface area (Å²) in [4.78, 5) is 27.7.